The molecule has 1 aromatic rings. The van der Waals surface area contributed by atoms with Crippen LogP contribution in [0.1, 0.15) is 12.0 Å². The number of hydrogen-bond donors (Lipinski definition) is 2. The maximum Gasteiger partial charge on any atom is 0.416 e. The zero-order chi connectivity index (χ0) is 13.2. The van der Waals surface area contributed by atoms with Gasteiger partial charge in [0.1, 0.15) is 11.6 Å². The first-order chi connectivity index (χ1) is 8.45. The summed E-state index contributed by atoms with van der Waals surface area (Å²) in [4.78, 5) is 3.87. The molecular formula is C11H14F3N3S. The minimum atomic E-state index is -4.39. The Labute approximate surface area is 107 Å². The molecule has 1 aliphatic rings. The molecule has 1 unspecified atom stereocenters. The van der Waals surface area contributed by atoms with Crippen LogP contribution in [0.3, 0.4) is 0 Å². The molecule has 0 bridgehead atoms. The summed E-state index contributed by atoms with van der Waals surface area (Å²) in [6, 6.07) is 1.84. The van der Waals surface area contributed by atoms with Gasteiger partial charge < -0.3 is 11.1 Å². The molecule has 0 aliphatic carbocycles. The fourth-order valence-corrected chi connectivity index (χ4v) is 3.08. The van der Waals surface area contributed by atoms with Gasteiger partial charge in [0.25, 0.3) is 0 Å². The quantitative estimate of drug-likeness (QED) is 0.892. The van der Waals surface area contributed by atoms with Gasteiger partial charge in [0.05, 0.1) is 5.56 Å². The Morgan fingerprint density at radius 3 is 2.83 bits per heavy atom. The molecule has 0 amide bonds. The number of nitrogens with zero attached hydrogens (tertiary/aromatic N) is 1. The van der Waals surface area contributed by atoms with Gasteiger partial charge in [0, 0.05) is 6.54 Å². The second-order valence-corrected chi connectivity index (χ2v) is 5.42. The molecule has 0 radical (unpaired) electrons. The van der Waals surface area contributed by atoms with Crippen LogP contribution in [0.4, 0.5) is 24.8 Å². The first-order valence-electron chi connectivity index (χ1n) is 5.61. The summed E-state index contributed by atoms with van der Waals surface area (Å²) in [6.07, 6.45) is -3.30. The molecule has 1 saturated heterocycles. The minimum absolute atomic E-state index is 0.117. The van der Waals surface area contributed by atoms with Crippen molar-refractivity contribution in [3.8, 4) is 0 Å². The molecule has 1 fully saturated rings. The van der Waals surface area contributed by atoms with Gasteiger partial charge in [0.15, 0.2) is 0 Å². The van der Waals surface area contributed by atoms with Crippen LogP contribution in [0.15, 0.2) is 12.1 Å². The number of halogens is 3. The first kappa shape index (κ1) is 13.3. The van der Waals surface area contributed by atoms with E-state index in [-0.39, 0.29) is 11.6 Å². The smallest absolute Gasteiger partial charge is 0.384 e. The number of aromatic nitrogens is 1. The molecule has 3 nitrogen and oxygen atoms in total. The molecule has 0 aromatic carbocycles. The average molecular weight is 277 g/mol. The number of thioether (sulfide) groups is 1. The molecule has 7 heteroatoms. The van der Waals surface area contributed by atoms with Crippen molar-refractivity contribution in [1.29, 1.82) is 0 Å². The molecule has 1 aliphatic heterocycles. The predicted octanol–water partition coefficient (Wildman–Crippen LogP) is 2.85. The van der Waals surface area contributed by atoms with Gasteiger partial charge in [-0.3, -0.25) is 0 Å². The average Bonchev–Trinajstić information content (AvgIpc) is 2.77. The van der Waals surface area contributed by atoms with Crippen molar-refractivity contribution >= 4 is 23.4 Å². The summed E-state index contributed by atoms with van der Waals surface area (Å²) < 4.78 is 37.7. The van der Waals surface area contributed by atoms with Crippen molar-refractivity contribution in [1.82, 2.24) is 4.98 Å². The number of nitrogen functional groups attached to an aromatic ring is 1. The SMILES string of the molecule is Nc1cc(C(F)(F)F)cc(NCC2CCSC2)n1. The second-order valence-electron chi connectivity index (χ2n) is 4.27. The van der Waals surface area contributed by atoms with Crippen LogP contribution in [0.5, 0.6) is 0 Å². The lowest BCUT2D eigenvalue weighted by Crippen LogP contribution is -2.16. The topological polar surface area (TPSA) is 50.9 Å². The highest BCUT2D eigenvalue weighted by Gasteiger charge is 2.31. The van der Waals surface area contributed by atoms with E-state index in [2.05, 4.69) is 10.3 Å². The molecule has 1 atom stereocenters. The van der Waals surface area contributed by atoms with Crippen LogP contribution in [-0.2, 0) is 6.18 Å². The van der Waals surface area contributed by atoms with Crippen molar-refractivity contribution in [2.24, 2.45) is 5.92 Å². The third-order valence-corrected chi connectivity index (χ3v) is 4.00. The van der Waals surface area contributed by atoms with Gasteiger partial charge in [-0.25, -0.2) is 4.98 Å². The third-order valence-electron chi connectivity index (χ3n) is 2.77. The lowest BCUT2D eigenvalue weighted by atomic mass is 10.1. The number of nitrogens with two attached hydrogens (primary N) is 1. The van der Waals surface area contributed by atoms with Crippen LogP contribution in [0, 0.1) is 5.92 Å². The van der Waals surface area contributed by atoms with Crippen molar-refractivity contribution in [2.75, 3.05) is 29.1 Å². The number of rotatable bonds is 3. The molecule has 2 heterocycles. The minimum Gasteiger partial charge on any atom is -0.384 e. The highest BCUT2D eigenvalue weighted by molar-refractivity contribution is 7.99. The Hall–Kier alpha value is -1.11. The Morgan fingerprint density at radius 2 is 2.22 bits per heavy atom. The predicted molar refractivity (Wildman–Crippen MR) is 67.6 cm³/mol. The Bertz CT molecular complexity index is 416. The number of hydrogen-bond acceptors (Lipinski definition) is 4. The Kier molecular flexibility index (Phi) is 3.89. The van der Waals surface area contributed by atoms with Crippen LogP contribution in [0.25, 0.3) is 0 Å². The fraction of sp³-hybridized carbons (Fsp3) is 0.545. The van der Waals surface area contributed by atoms with Crippen LogP contribution < -0.4 is 11.1 Å². The molecular weight excluding hydrogens is 263 g/mol. The van der Waals surface area contributed by atoms with Crippen LogP contribution in [0.2, 0.25) is 0 Å². The van der Waals surface area contributed by atoms with E-state index in [9.17, 15) is 13.2 Å². The van der Waals surface area contributed by atoms with Crippen molar-refractivity contribution in [2.45, 2.75) is 12.6 Å². The Balaban J connectivity index is 2.05. The molecule has 1 aromatic heterocycles. The standard InChI is InChI=1S/C11H14F3N3S/c12-11(13,14)8-3-9(15)17-10(4-8)16-5-7-1-2-18-6-7/h3-4,7H,1-2,5-6H2,(H3,15,16,17). The molecule has 100 valence electrons. The van der Waals surface area contributed by atoms with Crippen molar-refractivity contribution in [3.63, 3.8) is 0 Å². The third kappa shape index (κ3) is 3.44. The summed E-state index contributed by atoms with van der Waals surface area (Å²) in [5.41, 5.74) is 4.62. The monoisotopic (exact) mass is 277 g/mol. The normalized spacial score (nSPS) is 20.1. The van der Waals surface area contributed by atoms with Gasteiger partial charge in [-0.05, 0) is 36.0 Å². The Morgan fingerprint density at radius 1 is 1.44 bits per heavy atom. The number of alkyl halides is 3. The maximum atomic E-state index is 12.6. The zero-order valence-corrected chi connectivity index (χ0v) is 10.4. The van der Waals surface area contributed by atoms with E-state index in [4.69, 9.17) is 5.73 Å². The van der Waals surface area contributed by atoms with Crippen molar-refractivity contribution in [3.05, 3.63) is 17.7 Å². The summed E-state index contributed by atoms with van der Waals surface area (Å²) in [7, 11) is 0. The summed E-state index contributed by atoms with van der Waals surface area (Å²) in [5, 5.41) is 2.94. The highest BCUT2D eigenvalue weighted by atomic mass is 32.2. The number of pyridine rings is 1. The summed E-state index contributed by atoms with van der Waals surface area (Å²) in [6.45, 7) is 0.640. The van der Waals surface area contributed by atoms with Gasteiger partial charge in [0.2, 0.25) is 0 Å². The van der Waals surface area contributed by atoms with E-state index >= 15 is 0 Å². The molecule has 0 spiro atoms. The lowest BCUT2D eigenvalue weighted by Gasteiger charge is -2.13. The first-order valence-corrected chi connectivity index (χ1v) is 6.77. The lowest BCUT2D eigenvalue weighted by molar-refractivity contribution is -0.137. The van der Waals surface area contributed by atoms with Gasteiger partial charge in [-0.1, -0.05) is 0 Å². The molecule has 2 rings (SSSR count). The number of anilines is 2. The molecule has 3 N–H and O–H groups in total. The zero-order valence-electron chi connectivity index (χ0n) is 9.63. The van der Waals surface area contributed by atoms with E-state index in [1.165, 1.54) is 0 Å². The van der Waals surface area contributed by atoms with Crippen molar-refractivity contribution < 1.29 is 13.2 Å². The van der Waals surface area contributed by atoms with Gasteiger partial charge in [-0.15, -0.1) is 0 Å². The van der Waals surface area contributed by atoms with Crippen LogP contribution >= 0.6 is 11.8 Å². The van der Waals surface area contributed by atoms with Gasteiger partial charge in [-0.2, -0.15) is 24.9 Å². The maximum absolute atomic E-state index is 12.6. The van der Waals surface area contributed by atoms with E-state index in [0.717, 1.165) is 30.1 Å². The van der Waals surface area contributed by atoms with E-state index in [1.54, 1.807) is 0 Å². The van der Waals surface area contributed by atoms with Gasteiger partial charge >= 0.3 is 6.18 Å². The highest BCUT2D eigenvalue weighted by Crippen LogP contribution is 2.31. The van der Waals surface area contributed by atoms with E-state index in [1.807, 2.05) is 11.8 Å². The van der Waals surface area contributed by atoms with E-state index in [0.29, 0.717) is 12.5 Å². The molecule has 0 saturated carbocycles. The largest absolute Gasteiger partial charge is 0.416 e. The number of nitrogens with one attached hydrogen (secondary N) is 1. The second kappa shape index (κ2) is 5.26. The fourth-order valence-electron chi connectivity index (χ4n) is 1.80. The molecule has 18 heavy (non-hydrogen) atoms. The summed E-state index contributed by atoms with van der Waals surface area (Å²) >= 11 is 1.86. The summed E-state index contributed by atoms with van der Waals surface area (Å²) in [5.74, 6) is 2.73. The van der Waals surface area contributed by atoms with Crippen LogP contribution in [-0.4, -0.2) is 23.0 Å². The van der Waals surface area contributed by atoms with E-state index < -0.39 is 11.7 Å².